The molecule has 0 amide bonds. The van der Waals surface area contributed by atoms with Crippen molar-refractivity contribution >= 4 is 0 Å². The third-order valence-corrected chi connectivity index (χ3v) is 7.41. The summed E-state index contributed by atoms with van der Waals surface area (Å²) in [6.45, 7) is 9.61. The fourth-order valence-corrected chi connectivity index (χ4v) is 6.05. The maximum absolute atomic E-state index is 6.68. The monoisotopic (exact) mass is 321 g/mol. The smallest absolute Gasteiger partial charge is 0.163 e. The molecular weight excluding hydrogens is 286 g/mol. The second kappa shape index (κ2) is 6.65. The molecule has 3 saturated heterocycles. The van der Waals surface area contributed by atoms with Crippen LogP contribution in [0.25, 0.3) is 0 Å². The first kappa shape index (κ1) is 16.4. The van der Waals surface area contributed by atoms with Crippen LogP contribution in [0.2, 0.25) is 0 Å². The molecule has 0 aromatic rings. The summed E-state index contributed by atoms with van der Waals surface area (Å²) in [6.07, 6.45) is 10.1. The average Bonchev–Trinajstić information content (AvgIpc) is 2.73. The summed E-state index contributed by atoms with van der Waals surface area (Å²) in [6, 6.07) is 0. The maximum atomic E-state index is 6.68. The summed E-state index contributed by atoms with van der Waals surface area (Å²) < 4.78 is 13.1. The molecule has 0 aromatic carbocycles. The van der Waals surface area contributed by atoms with Gasteiger partial charge in [0.25, 0.3) is 0 Å². The van der Waals surface area contributed by atoms with Crippen LogP contribution in [0.15, 0.2) is 0 Å². The lowest BCUT2D eigenvalue weighted by molar-refractivity contribution is -0.306. The van der Waals surface area contributed by atoms with Crippen molar-refractivity contribution in [1.82, 2.24) is 4.90 Å². The van der Waals surface area contributed by atoms with E-state index in [4.69, 9.17) is 9.47 Å². The summed E-state index contributed by atoms with van der Waals surface area (Å²) in [7, 11) is 0. The van der Waals surface area contributed by atoms with Gasteiger partial charge in [0.1, 0.15) is 6.23 Å². The number of rotatable bonds is 1. The third-order valence-electron chi connectivity index (χ3n) is 7.41. The molecule has 0 spiro atoms. The molecule has 1 aliphatic carbocycles. The molecule has 1 unspecified atom stereocenters. The van der Waals surface area contributed by atoms with Gasteiger partial charge in [-0.1, -0.05) is 26.7 Å². The molecule has 8 atom stereocenters. The van der Waals surface area contributed by atoms with Gasteiger partial charge in [0.05, 0.1) is 6.10 Å². The van der Waals surface area contributed by atoms with Crippen molar-refractivity contribution in [3.8, 4) is 0 Å². The van der Waals surface area contributed by atoms with E-state index in [2.05, 4.69) is 25.7 Å². The Labute approximate surface area is 142 Å². The fourth-order valence-electron chi connectivity index (χ4n) is 6.05. The van der Waals surface area contributed by atoms with Gasteiger partial charge in [-0.05, 0) is 62.7 Å². The van der Waals surface area contributed by atoms with Crippen LogP contribution in [-0.4, -0.2) is 36.6 Å². The van der Waals surface area contributed by atoms with Gasteiger partial charge in [0, 0.05) is 19.0 Å². The van der Waals surface area contributed by atoms with Crippen molar-refractivity contribution in [3.63, 3.8) is 0 Å². The molecule has 4 fully saturated rings. The van der Waals surface area contributed by atoms with Crippen molar-refractivity contribution in [1.29, 1.82) is 0 Å². The molecule has 132 valence electrons. The fraction of sp³-hybridized carbons (Fsp3) is 1.00. The van der Waals surface area contributed by atoms with Gasteiger partial charge in [-0.3, -0.25) is 4.90 Å². The lowest BCUT2D eigenvalue weighted by Gasteiger charge is -2.54. The Hall–Kier alpha value is -0.120. The predicted octanol–water partition coefficient (Wildman–Crippen LogP) is 4.27. The molecule has 0 radical (unpaired) electrons. The molecular formula is C20H35NO2. The largest absolute Gasteiger partial charge is 0.349 e. The predicted molar refractivity (Wildman–Crippen MR) is 91.9 cm³/mol. The van der Waals surface area contributed by atoms with E-state index >= 15 is 0 Å². The number of hydrogen-bond acceptors (Lipinski definition) is 3. The van der Waals surface area contributed by atoms with E-state index < -0.39 is 0 Å². The van der Waals surface area contributed by atoms with Crippen molar-refractivity contribution in [2.45, 2.75) is 84.3 Å². The van der Waals surface area contributed by atoms with Gasteiger partial charge in [-0.2, -0.15) is 0 Å². The average molecular weight is 322 g/mol. The zero-order chi connectivity index (χ0) is 16.0. The topological polar surface area (TPSA) is 21.7 Å². The van der Waals surface area contributed by atoms with Crippen LogP contribution in [0.4, 0.5) is 0 Å². The van der Waals surface area contributed by atoms with Gasteiger partial charge in [0.15, 0.2) is 6.29 Å². The van der Waals surface area contributed by atoms with Crippen LogP contribution in [-0.2, 0) is 9.47 Å². The molecule has 3 nitrogen and oxygen atoms in total. The highest BCUT2D eigenvalue weighted by Crippen LogP contribution is 2.52. The van der Waals surface area contributed by atoms with Crippen molar-refractivity contribution in [2.75, 3.05) is 13.1 Å². The second-order valence-corrected chi connectivity index (χ2v) is 8.83. The van der Waals surface area contributed by atoms with Crippen LogP contribution in [0.1, 0.15) is 65.7 Å². The van der Waals surface area contributed by atoms with Gasteiger partial charge in [-0.25, -0.2) is 0 Å². The third kappa shape index (κ3) is 2.98. The Bertz CT molecular complexity index is 408. The van der Waals surface area contributed by atoms with Crippen LogP contribution < -0.4 is 0 Å². The minimum atomic E-state index is 0.0494. The molecule has 4 rings (SSSR count). The van der Waals surface area contributed by atoms with Crippen LogP contribution in [0, 0.1) is 29.6 Å². The zero-order valence-corrected chi connectivity index (χ0v) is 15.2. The highest BCUT2D eigenvalue weighted by molar-refractivity contribution is 4.96. The summed E-state index contributed by atoms with van der Waals surface area (Å²) in [5.74, 6) is 3.75. The van der Waals surface area contributed by atoms with Gasteiger partial charge >= 0.3 is 0 Å². The van der Waals surface area contributed by atoms with Gasteiger partial charge in [-0.15, -0.1) is 0 Å². The van der Waals surface area contributed by atoms with Gasteiger partial charge < -0.3 is 9.47 Å². The second-order valence-electron chi connectivity index (χ2n) is 8.83. The first-order valence-electron chi connectivity index (χ1n) is 10.2. The SMILES string of the molecule is C[C@@H]1[C@@H]2CC[C@@H](C)[C@@H]3CC[C@H](C)O[C@@H](O[C@H]1N1CCCCC1)C23. The van der Waals surface area contributed by atoms with Gasteiger partial charge in [0.2, 0.25) is 0 Å². The standard InChI is InChI=1S/C20H35NO2/c1-13-7-9-17-15(3)19(21-11-5-4-6-12-21)23-20-18(17)16(13)10-8-14(2)22-20/h13-20H,4-12H2,1-3H3/t13-,14+,15-,16+,17+,18?,19-,20+/m1/s1. The Balaban J connectivity index is 1.59. The number of piperidine rings is 1. The summed E-state index contributed by atoms with van der Waals surface area (Å²) >= 11 is 0. The molecule has 1 saturated carbocycles. The van der Waals surface area contributed by atoms with E-state index in [-0.39, 0.29) is 6.29 Å². The van der Waals surface area contributed by atoms with E-state index in [1.807, 2.05) is 0 Å². The first-order valence-corrected chi connectivity index (χ1v) is 10.2. The van der Waals surface area contributed by atoms with E-state index in [1.54, 1.807) is 0 Å². The molecule has 3 heteroatoms. The Morgan fingerprint density at radius 1 is 0.783 bits per heavy atom. The van der Waals surface area contributed by atoms with E-state index in [0.717, 1.165) is 17.8 Å². The Kier molecular flexibility index (Phi) is 4.73. The van der Waals surface area contributed by atoms with E-state index in [0.29, 0.717) is 24.2 Å². The van der Waals surface area contributed by atoms with Crippen LogP contribution in [0.3, 0.4) is 0 Å². The number of ether oxygens (including phenoxy) is 2. The minimum absolute atomic E-state index is 0.0494. The highest BCUT2D eigenvalue weighted by atomic mass is 16.7. The number of likely N-dealkylation sites (tertiary alicyclic amines) is 1. The lowest BCUT2D eigenvalue weighted by atomic mass is 9.61. The van der Waals surface area contributed by atoms with E-state index in [1.165, 1.54) is 58.0 Å². The quantitative estimate of drug-likeness (QED) is 0.720. The Morgan fingerprint density at radius 3 is 2.30 bits per heavy atom. The van der Waals surface area contributed by atoms with Crippen molar-refractivity contribution < 1.29 is 9.47 Å². The molecule has 3 aliphatic heterocycles. The van der Waals surface area contributed by atoms with Crippen LogP contribution in [0.5, 0.6) is 0 Å². The minimum Gasteiger partial charge on any atom is -0.349 e. The van der Waals surface area contributed by atoms with Crippen molar-refractivity contribution in [2.24, 2.45) is 29.6 Å². The number of hydrogen-bond donors (Lipinski definition) is 0. The maximum Gasteiger partial charge on any atom is 0.163 e. The summed E-state index contributed by atoms with van der Waals surface area (Å²) in [5.41, 5.74) is 0. The molecule has 23 heavy (non-hydrogen) atoms. The Morgan fingerprint density at radius 2 is 1.52 bits per heavy atom. The zero-order valence-electron chi connectivity index (χ0n) is 15.2. The summed E-state index contributed by atoms with van der Waals surface area (Å²) in [4.78, 5) is 2.62. The molecule has 3 heterocycles. The molecule has 0 aromatic heterocycles. The highest BCUT2D eigenvalue weighted by Gasteiger charge is 2.53. The summed E-state index contributed by atoms with van der Waals surface area (Å²) in [5, 5.41) is 0. The molecule has 0 N–H and O–H groups in total. The van der Waals surface area contributed by atoms with Crippen LogP contribution >= 0.6 is 0 Å². The normalized spacial score (nSPS) is 51.8. The van der Waals surface area contributed by atoms with E-state index in [9.17, 15) is 0 Å². The van der Waals surface area contributed by atoms with Crippen molar-refractivity contribution in [3.05, 3.63) is 0 Å². The molecule has 0 bridgehead atoms. The molecule has 4 aliphatic rings. The lowest BCUT2D eigenvalue weighted by Crippen LogP contribution is -2.58. The number of nitrogens with zero attached hydrogens (tertiary/aromatic N) is 1. The first-order chi connectivity index (χ1) is 11.1.